The van der Waals surface area contributed by atoms with E-state index < -0.39 is 0 Å². The molecule has 0 radical (unpaired) electrons. The van der Waals surface area contributed by atoms with E-state index in [1.165, 1.54) is 7.11 Å². The molecule has 0 saturated heterocycles. The summed E-state index contributed by atoms with van der Waals surface area (Å²) in [5, 5.41) is 0. The molecule has 0 saturated carbocycles. The van der Waals surface area contributed by atoms with Crippen LogP contribution < -0.4 is 4.90 Å². The van der Waals surface area contributed by atoms with Crippen LogP contribution in [0.25, 0.3) is 0 Å². The van der Waals surface area contributed by atoms with E-state index in [0.717, 1.165) is 16.8 Å². The second-order valence-corrected chi connectivity index (χ2v) is 4.74. The molecule has 1 aromatic carbocycles. The lowest BCUT2D eigenvalue weighted by Crippen LogP contribution is -2.44. The van der Waals surface area contributed by atoms with E-state index in [0.29, 0.717) is 6.61 Å². The molecule has 0 aliphatic carbocycles. The van der Waals surface area contributed by atoms with Gasteiger partial charge in [-0.05, 0) is 31.9 Å². The number of benzene rings is 1. The van der Waals surface area contributed by atoms with Crippen LogP contribution in [0.1, 0.15) is 18.1 Å². The fourth-order valence-electron chi connectivity index (χ4n) is 2.29. The number of anilines is 1. The minimum Gasteiger partial charge on any atom is -0.383 e. The highest BCUT2D eigenvalue weighted by Crippen LogP contribution is 2.26. The first kappa shape index (κ1) is 15.7. The Labute approximate surface area is 115 Å². The van der Waals surface area contributed by atoms with Crippen molar-refractivity contribution in [3.8, 4) is 0 Å². The summed E-state index contributed by atoms with van der Waals surface area (Å²) in [6.45, 7) is 6.55. The van der Waals surface area contributed by atoms with Gasteiger partial charge in [0.25, 0.3) is 5.91 Å². The lowest BCUT2D eigenvalue weighted by molar-refractivity contribution is -0.122. The highest BCUT2D eigenvalue weighted by Gasteiger charge is 2.24. The molecule has 19 heavy (non-hydrogen) atoms. The second-order valence-electron chi connectivity index (χ2n) is 4.74. The number of para-hydroxylation sites is 1. The summed E-state index contributed by atoms with van der Waals surface area (Å²) in [7, 11) is 3.17. The van der Waals surface area contributed by atoms with Crippen molar-refractivity contribution in [1.82, 2.24) is 0 Å². The number of aryl methyl sites for hydroxylation is 2. The molecule has 0 aliphatic rings. The van der Waals surface area contributed by atoms with Gasteiger partial charge < -0.3 is 14.4 Å². The first-order chi connectivity index (χ1) is 9.02. The Morgan fingerprint density at radius 1 is 1.21 bits per heavy atom. The van der Waals surface area contributed by atoms with E-state index in [4.69, 9.17) is 9.47 Å². The van der Waals surface area contributed by atoms with Gasteiger partial charge in [0, 0.05) is 19.9 Å². The normalized spacial score (nSPS) is 12.3. The molecular weight excluding hydrogens is 242 g/mol. The molecule has 0 aliphatic heterocycles. The van der Waals surface area contributed by atoms with E-state index >= 15 is 0 Å². The van der Waals surface area contributed by atoms with Crippen molar-refractivity contribution in [2.24, 2.45) is 0 Å². The first-order valence-corrected chi connectivity index (χ1v) is 6.39. The summed E-state index contributed by atoms with van der Waals surface area (Å²) in [5.74, 6) is -0.0514. The zero-order chi connectivity index (χ0) is 14.4. The Morgan fingerprint density at radius 3 is 2.26 bits per heavy atom. The summed E-state index contributed by atoms with van der Waals surface area (Å²) in [6, 6.07) is 5.98. The van der Waals surface area contributed by atoms with Gasteiger partial charge in [-0.3, -0.25) is 4.79 Å². The van der Waals surface area contributed by atoms with Crippen molar-refractivity contribution in [3.63, 3.8) is 0 Å². The van der Waals surface area contributed by atoms with Crippen molar-refractivity contribution in [3.05, 3.63) is 29.3 Å². The molecule has 4 nitrogen and oxygen atoms in total. The number of methoxy groups -OCH3 is 2. The van der Waals surface area contributed by atoms with Crippen molar-refractivity contribution in [1.29, 1.82) is 0 Å². The van der Waals surface area contributed by atoms with Crippen molar-refractivity contribution >= 4 is 11.6 Å². The molecule has 1 atom stereocenters. The predicted octanol–water partition coefficient (Wildman–Crippen LogP) is 2.32. The van der Waals surface area contributed by atoms with Crippen LogP contribution in [-0.4, -0.2) is 39.4 Å². The fourth-order valence-corrected chi connectivity index (χ4v) is 2.29. The Kier molecular flexibility index (Phi) is 5.99. The summed E-state index contributed by atoms with van der Waals surface area (Å²) in [4.78, 5) is 14.1. The highest BCUT2D eigenvalue weighted by atomic mass is 16.5. The maximum absolute atomic E-state index is 12.3. The van der Waals surface area contributed by atoms with Gasteiger partial charge in [-0.1, -0.05) is 18.2 Å². The topological polar surface area (TPSA) is 38.8 Å². The third-order valence-corrected chi connectivity index (χ3v) is 3.07. The second kappa shape index (κ2) is 7.26. The number of hydrogen-bond acceptors (Lipinski definition) is 3. The molecule has 4 heteroatoms. The van der Waals surface area contributed by atoms with Gasteiger partial charge in [0.05, 0.1) is 12.6 Å². The molecule has 1 aromatic rings. The van der Waals surface area contributed by atoms with E-state index in [2.05, 4.69) is 0 Å². The van der Waals surface area contributed by atoms with Crippen LogP contribution in [0.3, 0.4) is 0 Å². The lowest BCUT2D eigenvalue weighted by Gasteiger charge is -2.31. The number of carbonyl (C=O) groups is 1. The van der Waals surface area contributed by atoms with E-state index in [1.54, 1.807) is 12.0 Å². The van der Waals surface area contributed by atoms with E-state index in [1.807, 2.05) is 39.0 Å². The van der Waals surface area contributed by atoms with Crippen LogP contribution in [-0.2, 0) is 14.3 Å². The Balaban J connectivity index is 3.18. The SMILES string of the molecule is COCC(=O)N(c1c(C)cccc1C)C(C)COC. The number of nitrogens with zero attached hydrogens (tertiary/aromatic N) is 1. The van der Waals surface area contributed by atoms with Gasteiger partial charge in [-0.15, -0.1) is 0 Å². The average molecular weight is 265 g/mol. The van der Waals surface area contributed by atoms with Crippen LogP contribution in [0.4, 0.5) is 5.69 Å². The molecule has 1 amide bonds. The molecule has 1 rings (SSSR count). The number of ether oxygens (including phenoxy) is 2. The van der Waals surface area contributed by atoms with Gasteiger partial charge in [0.2, 0.25) is 0 Å². The fraction of sp³-hybridized carbons (Fsp3) is 0.533. The number of amides is 1. The van der Waals surface area contributed by atoms with Gasteiger partial charge in [0.15, 0.2) is 0 Å². The van der Waals surface area contributed by atoms with Gasteiger partial charge in [-0.2, -0.15) is 0 Å². The molecule has 0 heterocycles. The molecule has 0 spiro atoms. The lowest BCUT2D eigenvalue weighted by atomic mass is 10.1. The molecule has 0 N–H and O–H groups in total. The molecule has 0 aromatic heterocycles. The first-order valence-electron chi connectivity index (χ1n) is 6.39. The number of carbonyl (C=O) groups excluding carboxylic acids is 1. The van der Waals surface area contributed by atoms with Crippen molar-refractivity contribution in [2.45, 2.75) is 26.8 Å². The Bertz CT molecular complexity index is 411. The standard InChI is InChI=1S/C15H23NO3/c1-11-7-6-8-12(2)15(11)16(13(3)9-18-4)14(17)10-19-5/h6-8,13H,9-10H2,1-5H3. The number of rotatable bonds is 6. The Morgan fingerprint density at radius 2 is 1.79 bits per heavy atom. The Hall–Kier alpha value is -1.39. The van der Waals surface area contributed by atoms with E-state index in [-0.39, 0.29) is 18.6 Å². The van der Waals surface area contributed by atoms with Gasteiger partial charge in [-0.25, -0.2) is 0 Å². The molecular formula is C15H23NO3. The molecule has 0 bridgehead atoms. The maximum Gasteiger partial charge on any atom is 0.253 e. The third kappa shape index (κ3) is 3.78. The van der Waals surface area contributed by atoms with Crippen LogP contribution >= 0.6 is 0 Å². The predicted molar refractivity (Wildman–Crippen MR) is 76.6 cm³/mol. The number of hydrogen-bond donors (Lipinski definition) is 0. The summed E-state index contributed by atoms with van der Waals surface area (Å²) in [5.41, 5.74) is 3.11. The molecule has 1 unspecified atom stereocenters. The van der Waals surface area contributed by atoms with Crippen LogP contribution in [0, 0.1) is 13.8 Å². The zero-order valence-electron chi connectivity index (χ0n) is 12.4. The third-order valence-electron chi connectivity index (χ3n) is 3.07. The van der Waals surface area contributed by atoms with E-state index in [9.17, 15) is 4.79 Å². The zero-order valence-corrected chi connectivity index (χ0v) is 12.4. The minimum atomic E-state index is -0.0514. The maximum atomic E-state index is 12.3. The molecule has 0 fully saturated rings. The quantitative estimate of drug-likeness (QED) is 0.792. The summed E-state index contributed by atoms with van der Waals surface area (Å²) < 4.78 is 10.2. The van der Waals surface area contributed by atoms with Gasteiger partial charge in [0.1, 0.15) is 6.61 Å². The average Bonchev–Trinajstić information content (AvgIpc) is 2.34. The van der Waals surface area contributed by atoms with Crippen LogP contribution in [0.2, 0.25) is 0 Å². The van der Waals surface area contributed by atoms with Gasteiger partial charge >= 0.3 is 0 Å². The smallest absolute Gasteiger partial charge is 0.253 e. The van der Waals surface area contributed by atoms with Crippen LogP contribution in [0.5, 0.6) is 0 Å². The largest absolute Gasteiger partial charge is 0.383 e. The molecule has 106 valence electrons. The highest BCUT2D eigenvalue weighted by molar-refractivity contribution is 5.96. The van der Waals surface area contributed by atoms with Crippen LogP contribution in [0.15, 0.2) is 18.2 Å². The monoisotopic (exact) mass is 265 g/mol. The summed E-state index contributed by atoms with van der Waals surface area (Å²) >= 11 is 0. The van der Waals surface area contributed by atoms with Crippen molar-refractivity contribution in [2.75, 3.05) is 32.3 Å². The summed E-state index contributed by atoms with van der Waals surface area (Å²) in [6.07, 6.45) is 0. The van der Waals surface area contributed by atoms with Crippen molar-refractivity contribution < 1.29 is 14.3 Å². The minimum absolute atomic E-state index is 0.0348.